The molecule has 0 spiro atoms. The number of Topliss-reactive ketones (excluding diaryl/α,β-unsaturated/α-hetero) is 1. The van der Waals surface area contributed by atoms with Crippen LogP contribution >= 0.6 is 0 Å². The second-order valence-corrected chi connectivity index (χ2v) is 8.45. The van der Waals surface area contributed by atoms with Gasteiger partial charge in [0.15, 0.2) is 5.78 Å². The van der Waals surface area contributed by atoms with Crippen LogP contribution in [-0.2, 0) is 4.79 Å². The lowest BCUT2D eigenvalue weighted by molar-refractivity contribution is -0.113. The van der Waals surface area contributed by atoms with E-state index in [-0.39, 0.29) is 5.78 Å². The third-order valence-corrected chi connectivity index (χ3v) is 6.52. The van der Waals surface area contributed by atoms with Crippen LogP contribution in [0.25, 0.3) is 5.57 Å². The molecule has 1 aliphatic carbocycles. The highest BCUT2D eigenvalue weighted by molar-refractivity contribution is 6.09. The Bertz CT molecular complexity index is 1050. The summed E-state index contributed by atoms with van der Waals surface area (Å²) in [6, 6.07) is 2.39. The smallest absolute Gasteiger partial charge is 0.162 e. The monoisotopic (exact) mass is 432 g/mol. The Kier molecular flexibility index (Phi) is 6.26. The number of nitrogens with one attached hydrogen (secondary N) is 1. The van der Waals surface area contributed by atoms with Crippen LogP contribution in [0, 0.1) is 0 Å². The van der Waals surface area contributed by atoms with E-state index in [1.807, 2.05) is 19.2 Å². The molecule has 2 aromatic rings. The van der Waals surface area contributed by atoms with E-state index in [1.165, 1.54) is 12.8 Å². The highest BCUT2D eigenvalue weighted by Crippen LogP contribution is 2.44. The van der Waals surface area contributed by atoms with E-state index in [9.17, 15) is 4.79 Å². The second-order valence-electron chi connectivity index (χ2n) is 8.45. The molecular formula is C25H32N6O. The van der Waals surface area contributed by atoms with Crippen LogP contribution in [0.15, 0.2) is 42.5 Å². The summed E-state index contributed by atoms with van der Waals surface area (Å²) in [6.07, 6.45) is 9.98. The van der Waals surface area contributed by atoms with Gasteiger partial charge in [-0.05, 0) is 46.1 Å². The van der Waals surface area contributed by atoms with Crippen molar-refractivity contribution in [3.63, 3.8) is 0 Å². The lowest BCUT2D eigenvalue weighted by Crippen LogP contribution is -2.37. The fraction of sp³-hybridized carbons (Fsp3) is 0.440. The first kappa shape index (κ1) is 22.0. The number of allylic oxidation sites excluding steroid dienone is 2. The number of pyridine rings is 1. The van der Waals surface area contributed by atoms with E-state index in [2.05, 4.69) is 50.5 Å². The summed E-state index contributed by atoms with van der Waals surface area (Å²) < 4.78 is 0. The molecular weight excluding hydrogens is 400 g/mol. The number of hydrogen-bond donors (Lipinski definition) is 1. The summed E-state index contributed by atoms with van der Waals surface area (Å²) >= 11 is 0. The number of nitrogens with zero attached hydrogens (tertiary/aromatic N) is 5. The Hall–Kier alpha value is -3.22. The molecule has 0 atom stereocenters. The first-order valence-corrected chi connectivity index (χ1v) is 11.5. The van der Waals surface area contributed by atoms with Gasteiger partial charge < -0.3 is 15.1 Å². The number of rotatable bonds is 7. The van der Waals surface area contributed by atoms with Crippen LogP contribution in [-0.4, -0.2) is 39.9 Å². The third kappa shape index (κ3) is 3.99. The molecule has 1 aliphatic heterocycles. The van der Waals surface area contributed by atoms with Gasteiger partial charge in [0.05, 0.1) is 18.1 Å². The van der Waals surface area contributed by atoms with Crippen molar-refractivity contribution in [3.8, 4) is 0 Å². The molecule has 2 aliphatic rings. The lowest BCUT2D eigenvalue weighted by Gasteiger charge is -2.39. The van der Waals surface area contributed by atoms with E-state index >= 15 is 0 Å². The summed E-state index contributed by atoms with van der Waals surface area (Å²) in [5.74, 6) is 2.25. The molecule has 0 amide bonds. The first-order chi connectivity index (χ1) is 15.4. The van der Waals surface area contributed by atoms with Gasteiger partial charge in [0.25, 0.3) is 0 Å². The van der Waals surface area contributed by atoms with Gasteiger partial charge in [-0.3, -0.25) is 4.79 Å². The van der Waals surface area contributed by atoms with Crippen LogP contribution < -0.4 is 15.1 Å². The van der Waals surface area contributed by atoms with Crippen molar-refractivity contribution in [2.75, 3.05) is 28.2 Å². The molecule has 1 saturated carbocycles. The highest BCUT2D eigenvalue weighted by atomic mass is 16.1. The molecule has 0 unspecified atom stereocenters. The lowest BCUT2D eigenvalue weighted by atomic mass is 9.90. The van der Waals surface area contributed by atoms with Gasteiger partial charge in [-0.2, -0.15) is 0 Å². The Balaban J connectivity index is 1.68. The number of carbonyl (C=O) groups is 1. The van der Waals surface area contributed by atoms with Crippen molar-refractivity contribution in [3.05, 3.63) is 48.1 Å². The van der Waals surface area contributed by atoms with Crippen molar-refractivity contribution < 1.29 is 4.79 Å². The fourth-order valence-electron chi connectivity index (χ4n) is 4.89. The van der Waals surface area contributed by atoms with Gasteiger partial charge in [-0.25, -0.2) is 15.0 Å². The molecule has 0 radical (unpaired) electrons. The number of fused-ring (bicyclic) bond motifs is 1. The van der Waals surface area contributed by atoms with E-state index in [0.29, 0.717) is 23.3 Å². The van der Waals surface area contributed by atoms with Crippen LogP contribution in [0.1, 0.15) is 58.9 Å². The zero-order chi connectivity index (χ0) is 22.8. The van der Waals surface area contributed by atoms with Crippen molar-refractivity contribution in [1.82, 2.24) is 15.0 Å². The number of ketones is 1. The van der Waals surface area contributed by atoms with Gasteiger partial charge in [0, 0.05) is 48.2 Å². The zero-order valence-corrected chi connectivity index (χ0v) is 19.5. The van der Waals surface area contributed by atoms with Gasteiger partial charge >= 0.3 is 0 Å². The number of anilines is 4. The largest absolute Gasteiger partial charge is 0.356 e. The Morgan fingerprint density at radius 1 is 1.12 bits per heavy atom. The molecule has 0 bridgehead atoms. The minimum absolute atomic E-state index is 0.0481. The van der Waals surface area contributed by atoms with E-state index in [0.717, 1.165) is 54.3 Å². The molecule has 32 heavy (non-hydrogen) atoms. The Morgan fingerprint density at radius 3 is 2.41 bits per heavy atom. The maximum absolute atomic E-state index is 12.4. The summed E-state index contributed by atoms with van der Waals surface area (Å²) in [4.78, 5) is 30.5. The maximum atomic E-state index is 12.4. The van der Waals surface area contributed by atoms with Crippen molar-refractivity contribution >= 4 is 34.5 Å². The quantitative estimate of drug-likeness (QED) is 0.652. The number of hydrogen-bond acceptors (Lipinski definition) is 7. The fourth-order valence-corrected chi connectivity index (χ4v) is 4.89. The standard InChI is InChI=1S/C25H32N6O/c1-6-30(7-2)24-15-27-23(14-28-24)29-22-12-21-20(13-26-22)16(3)25(18(5)32)17(4)31(21)19-10-8-9-11-19/h12-15,19H,4,6-11H2,1-3,5H3,(H,26,27,29). The maximum Gasteiger partial charge on any atom is 0.162 e. The normalized spacial score (nSPS) is 16.4. The molecule has 0 saturated heterocycles. The molecule has 3 heterocycles. The molecule has 7 heteroatoms. The number of carbonyl (C=O) groups excluding carboxylic acids is 1. The van der Waals surface area contributed by atoms with Gasteiger partial charge in [0.1, 0.15) is 17.5 Å². The molecule has 168 valence electrons. The summed E-state index contributed by atoms with van der Waals surface area (Å²) in [7, 11) is 0. The highest BCUT2D eigenvalue weighted by Gasteiger charge is 2.34. The van der Waals surface area contributed by atoms with Crippen molar-refractivity contribution in [2.24, 2.45) is 0 Å². The van der Waals surface area contributed by atoms with Gasteiger partial charge in [0.2, 0.25) is 0 Å². The van der Waals surface area contributed by atoms with Crippen LogP contribution in [0.5, 0.6) is 0 Å². The Labute approximate surface area is 190 Å². The zero-order valence-electron chi connectivity index (χ0n) is 19.5. The summed E-state index contributed by atoms with van der Waals surface area (Å²) in [6.45, 7) is 13.9. The predicted molar refractivity (Wildman–Crippen MR) is 130 cm³/mol. The third-order valence-electron chi connectivity index (χ3n) is 6.52. The first-order valence-electron chi connectivity index (χ1n) is 11.5. The SMILES string of the molecule is C=C1C(C(C)=O)=C(C)c2cnc(Nc3cnc(N(CC)CC)cn3)cc2N1C1CCCC1. The van der Waals surface area contributed by atoms with E-state index < -0.39 is 0 Å². The number of aromatic nitrogens is 3. The van der Waals surface area contributed by atoms with Crippen molar-refractivity contribution in [1.29, 1.82) is 0 Å². The van der Waals surface area contributed by atoms with Crippen LogP contribution in [0.3, 0.4) is 0 Å². The average Bonchev–Trinajstić information content (AvgIpc) is 3.30. The van der Waals surface area contributed by atoms with Crippen LogP contribution in [0.4, 0.5) is 23.1 Å². The van der Waals surface area contributed by atoms with E-state index in [4.69, 9.17) is 0 Å². The second kappa shape index (κ2) is 9.10. The molecule has 1 fully saturated rings. The van der Waals surface area contributed by atoms with Crippen LogP contribution in [0.2, 0.25) is 0 Å². The van der Waals surface area contributed by atoms with Crippen molar-refractivity contribution in [2.45, 2.75) is 59.4 Å². The molecule has 7 nitrogen and oxygen atoms in total. The Morgan fingerprint density at radius 2 is 1.81 bits per heavy atom. The van der Waals surface area contributed by atoms with E-state index in [1.54, 1.807) is 19.3 Å². The van der Waals surface area contributed by atoms with Gasteiger partial charge in [-0.15, -0.1) is 0 Å². The molecule has 1 N–H and O–H groups in total. The molecule has 2 aromatic heterocycles. The summed E-state index contributed by atoms with van der Waals surface area (Å²) in [5, 5.41) is 3.29. The molecule has 4 rings (SSSR count). The minimum Gasteiger partial charge on any atom is -0.356 e. The average molecular weight is 433 g/mol. The topological polar surface area (TPSA) is 74.2 Å². The molecule has 0 aromatic carbocycles. The van der Waals surface area contributed by atoms with Gasteiger partial charge in [-0.1, -0.05) is 19.4 Å². The summed E-state index contributed by atoms with van der Waals surface area (Å²) in [5.41, 5.74) is 4.49. The minimum atomic E-state index is 0.0481. The predicted octanol–water partition coefficient (Wildman–Crippen LogP) is 5.10.